The fourth-order valence-electron chi connectivity index (χ4n) is 2.89. The minimum absolute atomic E-state index is 0. The molecule has 1 aliphatic carbocycles. The van der Waals surface area contributed by atoms with E-state index < -0.39 is 0 Å². The average molecular weight is 463 g/mol. The van der Waals surface area contributed by atoms with Crippen molar-refractivity contribution in [3.05, 3.63) is 78.4 Å². The maximum Gasteiger partial charge on any atom is -0.0771 e. The summed E-state index contributed by atoms with van der Waals surface area (Å²) in [6, 6.07) is 19.3. The third-order valence-electron chi connectivity index (χ3n) is 4.09. The van der Waals surface area contributed by atoms with Crippen LogP contribution in [0.4, 0.5) is 0 Å². The molecule has 0 aromatic heterocycles. The Morgan fingerprint density at radius 3 is 1.89 bits per heavy atom. The van der Waals surface area contributed by atoms with Crippen LogP contribution in [0.2, 0.25) is 13.1 Å². The first kappa shape index (κ1) is 27.3. The normalized spacial score (nSPS) is 11.4. The molecule has 0 bridgehead atoms. The summed E-state index contributed by atoms with van der Waals surface area (Å²) in [5.41, 5.74) is 1.41. The zero-order valence-electron chi connectivity index (χ0n) is 16.9. The molecule has 0 saturated heterocycles. The summed E-state index contributed by atoms with van der Waals surface area (Å²) in [7, 11) is 0. The largest absolute Gasteiger partial charge is 1.00 e. The Morgan fingerprint density at radius 1 is 0.964 bits per heavy atom. The van der Waals surface area contributed by atoms with Crippen molar-refractivity contribution in [1.82, 2.24) is 0 Å². The molecule has 0 heterocycles. The van der Waals surface area contributed by atoms with E-state index >= 15 is 0 Å². The van der Waals surface area contributed by atoms with E-state index in [2.05, 4.69) is 112 Å². The SMILES string of the molecule is CCCCC1=[C-]CC=C1.C[Si](C)=[Ti+2].[Cl-].[Cl-].c1ccc2c(c1)[cH-]c1ccccc12. The predicted molar refractivity (Wildman–Crippen MR) is 115 cm³/mol. The summed E-state index contributed by atoms with van der Waals surface area (Å²) >= 11 is 2.27. The molecule has 4 heteroatoms. The van der Waals surface area contributed by atoms with E-state index in [4.69, 9.17) is 0 Å². The van der Waals surface area contributed by atoms with E-state index in [1.807, 2.05) is 0 Å². The van der Waals surface area contributed by atoms with Crippen molar-refractivity contribution in [1.29, 1.82) is 0 Å². The molecule has 0 fully saturated rings. The smallest absolute Gasteiger partial charge is 0.0771 e. The molecule has 0 radical (unpaired) electrons. The van der Waals surface area contributed by atoms with E-state index in [0.717, 1.165) is 6.42 Å². The van der Waals surface area contributed by atoms with Gasteiger partial charge in [0, 0.05) is 0 Å². The third-order valence-corrected chi connectivity index (χ3v) is 4.09. The molecule has 0 nitrogen and oxygen atoms in total. The van der Waals surface area contributed by atoms with Crippen molar-refractivity contribution in [3.8, 4) is 0 Å². The van der Waals surface area contributed by atoms with Crippen LogP contribution >= 0.6 is 0 Å². The first-order valence-electron chi connectivity index (χ1n) is 9.43. The van der Waals surface area contributed by atoms with Gasteiger partial charge in [-0.25, -0.2) is 11.6 Å². The monoisotopic (exact) mass is 462 g/mol. The van der Waals surface area contributed by atoms with Crippen LogP contribution in [0.25, 0.3) is 21.5 Å². The topological polar surface area (TPSA) is 0 Å². The predicted octanol–water partition coefficient (Wildman–Crippen LogP) is 1.37. The number of benzene rings is 2. The first-order chi connectivity index (χ1) is 12.6. The molecular formula is C24H28Cl2SiTi-2. The Hall–Kier alpha value is -0.699. The van der Waals surface area contributed by atoms with E-state index in [-0.39, 0.29) is 31.0 Å². The van der Waals surface area contributed by atoms with Gasteiger partial charge in [-0.15, -0.1) is 46.2 Å². The van der Waals surface area contributed by atoms with E-state index in [0.29, 0.717) is 0 Å². The molecule has 148 valence electrons. The van der Waals surface area contributed by atoms with Gasteiger partial charge in [0.2, 0.25) is 0 Å². The number of hydrogen-bond donors (Lipinski definition) is 0. The molecular weight excluding hydrogens is 435 g/mol. The minimum atomic E-state index is 0. The number of rotatable bonds is 3. The summed E-state index contributed by atoms with van der Waals surface area (Å²) < 4.78 is 0. The molecule has 0 spiro atoms. The van der Waals surface area contributed by atoms with E-state index in [9.17, 15) is 0 Å². The zero-order valence-corrected chi connectivity index (χ0v) is 21.0. The summed E-state index contributed by atoms with van der Waals surface area (Å²) in [5.74, 6) is 0. The Bertz CT molecular complexity index is 855. The van der Waals surface area contributed by atoms with Crippen molar-refractivity contribution in [2.45, 2.75) is 45.7 Å². The molecule has 0 saturated carbocycles. The van der Waals surface area contributed by atoms with Crippen LogP contribution in [0.5, 0.6) is 0 Å². The number of hydrogen-bond acceptors (Lipinski definition) is 0. The van der Waals surface area contributed by atoms with Crippen LogP contribution in [-0.2, 0) is 19.2 Å². The number of unbranched alkanes of at least 4 members (excludes halogenated alkanes) is 1. The molecule has 0 N–H and O–H groups in total. The van der Waals surface area contributed by atoms with Crippen molar-refractivity contribution in [2.75, 3.05) is 0 Å². The summed E-state index contributed by atoms with van der Waals surface area (Å²) in [6.07, 6.45) is 12.7. The minimum Gasteiger partial charge on any atom is -1.00 e. The van der Waals surface area contributed by atoms with Crippen molar-refractivity contribution >= 4 is 27.7 Å². The Labute approximate surface area is 194 Å². The molecule has 1 aliphatic rings. The molecule has 3 aromatic rings. The van der Waals surface area contributed by atoms with Crippen LogP contribution in [0.3, 0.4) is 0 Å². The maximum absolute atomic E-state index is 3.30. The van der Waals surface area contributed by atoms with E-state index in [1.165, 1.54) is 46.4 Å². The Kier molecular flexibility index (Phi) is 14.8. The molecule has 28 heavy (non-hydrogen) atoms. The van der Waals surface area contributed by atoms with Gasteiger partial charge in [-0.1, -0.05) is 62.6 Å². The summed E-state index contributed by atoms with van der Waals surface area (Å²) in [6.45, 7) is 6.76. The van der Waals surface area contributed by atoms with E-state index in [1.54, 1.807) is 0 Å². The van der Waals surface area contributed by atoms with Crippen LogP contribution in [0.15, 0.2) is 72.3 Å². The van der Waals surface area contributed by atoms with Gasteiger partial charge in [-0.2, -0.15) is 6.08 Å². The quantitative estimate of drug-likeness (QED) is 0.407. The van der Waals surface area contributed by atoms with Gasteiger partial charge in [0.15, 0.2) is 0 Å². The second-order valence-electron chi connectivity index (χ2n) is 6.73. The van der Waals surface area contributed by atoms with Gasteiger partial charge in [0.05, 0.1) is 0 Å². The Balaban J connectivity index is 0.000000432. The fraction of sp³-hybridized carbons (Fsp3) is 0.292. The molecule has 0 amide bonds. The van der Waals surface area contributed by atoms with Gasteiger partial charge in [0.1, 0.15) is 0 Å². The van der Waals surface area contributed by atoms with Gasteiger partial charge in [-0.05, 0) is 0 Å². The van der Waals surface area contributed by atoms with Crippen LogP contribution in [0, 0.1) is 6.08 Å². The first-order valence-corrected chi connectivity index (χ1v) is 14.3. The van der Waals surface area contributed by atoms with Gasteiger partial charge < -0.3 is 24.8 Å². The molecule has 0 unspecified atom stereocenters. The van der Waals surface area contributed by atoms with Gasteiger partial charge >= 0.3 is 38.5 Å². The number of allylic oxidation sites excluding steroid dienone is 4. The van der Waals surface area contributed by atoms with Crippen LogP contribution < -0.4 is 24.8 Å². The molecule has 3 aromatic carbocycles. The maximum atomic E-state index is 3.30. The van der Waals surface area contributed by atoms with Crippen molar-refractivity contribution < 1.29 is 44.0 Å². The summed E-state index contributed by atoms with van der Waals surface area (Å²) in [5, 5.41) is 5.39. The molecule has 4 rings (SSSR count). The van der Waals surface area contributed by atoms with Crippen molar-refractivity contribution in [3.63, 3.8) is 0 Å². The Morgan fingerprint density at radius 2 is 1.46 bits per heavy atom. The number of fused-ring (bicyclic) bond motifs is 3. The standard InChI is InChI=1S/C13H9.C9H13.C2H6Si.2ClH.Ti/c1-3-7-12-10(5-1)9-11-6-2-4-8-13(11)12;1-2-3-6-9-7-4-5-8-9;1-3-2;;;/h1-9H;4,7H,2-3,5-6H2,1H3;1-2H3;2*1H;/q2*-1;;;;+2/p-2. The number of halogens is 2. The third kappa shape index (κ3) is 9.20. The molecule has 0 aliphatic heterocycles. The van der Waals surface area contributed by atoms with Crippen LogP contribution in [-0.4, -0.2) is 6.19 Å². The molecule has 0 atom stereocenters. The average Bonchev–Trinajstić information content (AvgIpc) is 3.27. The van der Waals surface area contributed by atoms with Crippen LogP contribution in [0.1, 0.15) is 32.6 Å². The van der Waals surface area contributed by atoms with Gasteiger partial charge in [0.25, 0.3) is 0 Å². The second-order valence-corrected chi connectivity index (χ2v) is 13.4. The zero-order chi connectivity index (χ0) is 18.8. The second kappa shape index (κ2) is 15.2. The van der Waals surface area contributed by atoms with Crippen molar-refractivity contribution in [2.24, 2.45) is 0 Å². The fourth-order valence-corrected chi connectivity index (χ4v) is 2.89. The van der Waals surface area contributed by atoms with Gasteiger partial charge in [-0.3, -0.25) is 6.08 Å². The summed E-state index contributed by atoms with van der Waals surface area (Å²) in [4.78, 5) is 0.